The molecule has 2 aromatic rings. The van der Waals surface area contributed by atoms with Crippen LogP contribution in [0.25, 0.3) is 5.69 Å². The summed E-state index contributed by atoms with van der Waals surface area (Å²) in [6, 6.07) is 4.72. The lowest BCUT2D eigenvalue weighted by Crippen LogP contribution is -2.66. The monoisotopic (exact) mass is 357 g/mol. The number of nitrogens with zero attached hydrogens (tertiary/aromatic N) is 3. The van der Waals surface area contributed by atoms with E-state index in [1.54, 1.807) is 6.92 Å². The maximum atomic E-state index is 13.6. The van der Waals surface area contributed by atoms with Crippen molar-refractivity contribution in [1.29, 1.82) is 0 Å². The molecule has 1 saturated heterocycles. The quantitative estimate of drug-likeness (QED) is 0.610. The van der Waals surface area contributed by atoms with Crippen molar-refractivity contribution < 1.29 is 27.1 Å². The number of carbonyl (C=O) groups is 1. The van der Waals surface area contributed by atoms with Crippen molar-refractivity contribution in [3.05, 3.63) is 41.8 Å². The van der Waals surface area contributed by atoms with Crippen LogP contribution in [0, 0.1) is 5.82 Å². The minimum absolute atomic E-state index is 0.103. The summed E-state index contributed by atoms with van der Waals surface area (Å²) in [5, 5.41) is 4.06. The topological polar surface area (TPSA) is 47.4 Å². The molecule has 25 heavy (non-hydrogen) atoms. The van der Waals surface area contributed by atoms with Crippen molar-refractivity contribution in [2.45, 2.75) is 18.9 Å². The molecule has 134 valence electrons. The minimum Gasteiger partial charge on any atom is -0.461 e. The van der Waals surface area contributed by atoms with E-state index in [4.69, 9.17) is 4.74 Å². The molecule has 1 aromatic carbocycles. The fourth-order valence-corrected chi connectivity index (χ4v) is 2.65. The zero-order chi connectivity index (χ0) is 18.2. The SMILES string of the molecule is CCOC(=O)c1cc(N2CC(F)(F)C2CF)n(-c2ccc(F)cc2)n1. The third-order valence-corrected chi connectivity index (χ3v) is 3.93. The lowest BCUT2D eigenvalue weighted by atomic mass is 9.99. The van der Waals surface area contributed by atoms with Gasteiger partial charge in [-0.15, -0.1) is 0 Å². The van der Waals surface area contributed by atoms with Crippen molar-refractivity contribution in [3.8, 4) is 5.69 Å². The second-order valence-electron chi connectivity index (χ2n) is 5.56. The molecule has 9 heteroatoms. The highest BCUT2D eigenvalue weighted by Crippen LogP contribution is 2.39. The average molecular weight is 357 g/mol. The van der Waals surface area contributed by atoms with Gasteiger partial charge in [0, 0.05) is 6.07 Å². The van der Waals surface area contributed by atoms with Crippen molar-refractivity contribution >= 4 is 11.8 Å². The van der Waals surface area contributed by atoms with Gasteiger partial charge in [-0.25, -0.2) is 27.0 Å². The first-order valence-corrected chi connectivity index (χ1v) is 7.61. The van der Waals surface area contributed by atoms with Gasteiger partial charge < -0.3 is 9.64 Å². The lowest BCUT2D eigenvalue weighted by Gasteiger charge is -2.47. The predicted octanol–water partition coefficient (Wildman–Crippen LogP) is 2.98. The van der Waals surface area contributed by atoms with Crippen molar-refractivity contribution in [2.24, 2.45) is 0 Å². The van der Waals surface area contributed by atoms with Crippen LogP contribution < -0.4 is 4.90 Å². The fraction of sp³-hybridized carbons (Fsp3) is 0.375. The Morgan fingerprint density at radius 2 is 2.04 bits per heavy atom. The van der Waals surface area contributed by atoms with Crippen LogP contribution in [0.15, 0.2) is 30.3 Å². The number of hydrogen-bond acceptors (Lipinski definition) is 4. The lowest BCUT2D eigenvalue weighted by molar-refractivity contribution is -0.0771. The van der Waals surface area contributed by atoms with Crippen LogP contribution in [0.1, 0.15) is 17.4 Å². The highest BCUT2D eigenvalue weighted by Gasteiger charge is 2.56. The van der Waals surface area contributed by atoms with E-state index < -0.39 is 37.0 Å². The standard InChI is InChI=1S/C16H15F4N3O2/c1-2-25-15(24)12-7-14(22-9-16(19,20)13(22)8-17)23(21-12)11-5-3-10(18)4-6-11/h3-7,13H,2,8-9H2,1H3. The summed E-state index contributed by atoms with van der Waals surface area (Å²) in [6.45, 7) is -0.218. The number of ether oxygens (including phenoxy) is 1. The Labute approximate surface area is 140 Å². The van der Waals surface area contributed by atoms with E-state index in [2.05, 4.69) is 5.10 Å². The fourth-order valence-electron chi connectivity index (χ4n) is 2.65. The number of alkyl halides is 3. The van der Waals surface area contributed by atoms with Crippen LogP contribution in [0.5, 0.6) is 0 Å². The van der Waals surface area contributed by atoms with Gasteiger partial charge in [-0.05, 0) is 31.2 Å². The van der Waals surface area contributed by atoms with Crippen LogP contribution in [0.2, 0.25) is 0 Å². The molecule has 1 aromatic heterocycles. The van der Waals surface area contributed by atoms with Gasteiger partial charge in [-0.2, -0.15) is 5.10 Å². The van der Waals surface area contributed by atoms with E-state index in [0.717, 1.165) is 4.90 Å². The molecule has 0 spiro atoms. The third-order valence-electron chi connectivity index (χ3n) is 3.93. The molecule has 1 atom stereocenters. The smallest absolute Gasteiger partial charge is 0.358 e. The Bertz CT molecular complexity index is 776. The van der Waals surface area contributed by atoms with Crippen molar-refractivity contribution in [1.82, 2.24) is 9.78 Å². The van der Waals surface area contributed by atoms with Crippen LogP contribution >= 0.6 is 0 Å². The zero-order valence-electron chi connectivity index (χ0n) is 13.3. The third kappa shape index (κ3) is 3.06. The Morgan fingerprint density at radius 1 is 1.36 bits per heavy atom. The molecule has 1 unspecified atom stereocenters. The summed E-state index contributed by atoms with van der Waals surface area (Å²) < 4.78 is 59.4. The number of halogens is 4. The molecule has 0 aliphatic carbocycles. The molecular formula is C16H15F4N3O2. The van der Waals surface area contributed by atoms with Crippen LogP contribution in [0.3, 0.4) is 0 Å². The number of aromatic nitrogens is 2. The zero-order valence-corrected chi connectivity index (χ0v) is 13.3. The summed E-state index contributed by atoms with van der Waals surface area (Å²) in [5.41, 5.74) is 0.244. The molecule has 0 N–H and O–H groups in total. The molecular weight excluding hydrogens is 342 g/mol. The van der Waals surface area contributed by atoms with E-state index >= 15 is 0 Å². The Morgan fingerprint density at radius 3 is 2.60 bits per heavy atom. The molecule has 1 aliphatic heterocycles. The van der Waals surface area contributed by atoms with Gasteiger partial charge in [0.05, 0.1) is 18.8 Å². The largest absolute Gasteiger partial charge is 0.461 e. The Kier molecular flexibility index (Phi) is 4.40. The molecule has 3 rings (SSSR count). The molecule has 0 radical (unpaired) electrons. The average Bonchev–Trinajstić information content (AvgIpc) is 2.99. The molecule has 0 bridgehead atoms. The van der Waals surface area contributed by atoms with Gasteiger partial charge in [-0.3, -0.25) is 0 Å². The molecule has 5 nitrogen and oxygen atoms in total. The maximum Gasteiger partial charge on any atom is 0.358 e. The van der Waals surface area contributed by atoms with Gasteiger partial charge in [0.15, 0.2) is 5.69 Å². The summed E-state index contributed by atoms with van der Waals surface area (Å²) in [4.78, 5) is 13.0. The molecule has 1 aliphatic rings. The van der Waals surface area contributed by atoms with Crippen molar-refractivity contribution in [2.75, 3.05) is 24.7 Å². The Balaban J connectivity index is 2.03. The van der Waals surface area contributed by atoms with E-state index in [0.29, 0.717) is 5.69 Å². The van der Waals surface area contributed by atoms with Crippen LogP contribution in [-0.2, 0) is 4.74 Å². The first-order chi connectivity index (χ1) is 11.9. The number of hydrogen-bond donors (Lipinski definition) is 0. The first kappa shape index (κ1) is 17.2. The second kappa shape index (κ2) is 6.38. The second-order valence-corrected chi connectivity index (χ2v) is 5.56. The van der Waals surface area contributed by atoms with Gasteiger partial charge in [-0.1, -0.05) is 0 Å². The Hall–Kier alpha value is -2.58. The summed E-state index contributed by atoms with van der Waals surface area (Å²) in [6.07, 6.45) is 0. The summed E-state index contributed by atoms with van der Waals surface area (Å²) in [7, 11) is 0. The van der Waals surface area contributed by atoms with E-state index in [9.17, 15) is 22.4 Å². The molecule has 2 heterocycles. The number of carbonyl (C=O) groups excluding carboxylic acids is 1. The van der Waals surface area contributed by atoms with E-state index in [-0.39, 0.29) is 18.1 Å². The van der Waals surface area contributed by atoms with Gasteiger partial charge >= 0.3 is 5.97 Å². The first-order valence-electron chi connectivity index (χ1n) is 7.61. The number of benzene rings is 1. The maximum absolute atomic E-state index is 13.6. The van der Waals surface area contributed by atoms with Crippen LogP contribution in [0.4, 0.5) is 23.4 Å². The van der Waals surface area contributed by atoms with Gasteiger partial charge in [0.2, 0.25) is 0 Å². The summed E-state index contributed by atoms with van der Waals surface area (Å²) in [5.74, 6) is -4.27. The van der Waals surface area contributed by atoms with Crippen LogP contribution in [-0.4, -0.2) is 47.5 Å². The van der Waals surface area contributed by atoms with E-state index in [1.807, 2.05) is 0 Å². The van der Waals surface area contributed by atoms with Crippen molar-refractivity contribution in [3.63, 3.8) is 0 Å². The van der Waals surface area contributed by atoms with Gasteiger partial charge in [0.1, 0.15) is 24.4 Å². The molecule has 0 amide bonds. The minimum atomic E-state index is -3.17. The summed E-state index contributed by atoms with van der Waals surface area (Å²) >= 11 is 0. The number of anilines is 1. The number of rotatable bonds is 5. The predicted molar refractivity (Wildman–Crippen MR) is 81.5 cm³/mol. The highest BCUT2D eigenvalue weighted by atomic mass is 19.3. The van der Waals surface area contributed by atoms with Gasteiger partial charge in [0.25, 0.3) is 5.92 Å². The van der Waals surface area contributed by atoms with E-state index in [1.165, 1.54) is 35.0 Å². The molecule has 1 fully saturated rings. The normalized spacial score (nSPS) is 18.8. The molecule has 0 saturated carbocycles. The highest BCUT2D eigenvalue weighted by molar-refractivity contribution is 5.88. The number of esters is 1.